The zero-order valence-corrected chi connectivity index (χ0v) is 8.60. The van der Waals surface area contributed by atoms with Gasteiger partial charge < -0.3 is 4.74 Å². The maximum atomic E-state index is 11.3. The van der Waals surface area contributed by atoms with Gasteiger partial charge in [-0.05, 0) is 34.1 Å². The smallest absolute Gasteiger partial charge is 0.333 e. The van der Waals surface area contributed by atoms with E-state index in [1.54, 1.807) is 6.92 Å². The van der Waals surface area contributed by atoms with E-state index in [0.717, 1.165) is 6.42 Å². The Balaban J connectivity index is 4.15. The quantitative estimate of drug-likeness (QED) is 0.470. The summed E-state index contributed by atoms with van der Waals surface area (Å²) < 4.78 is 5.14. The molecule has 0 radical (unpaired) electrons. The van der Waals surface area contributed by atoms with Crippen LogP contribution in [-0.4, -0.2) is 11.6 Å². The Morgan fingerprint density at radius 2 is 1.92 bits per heavy atom. The molecule has 0 spiro atoms. The molecule has 0 bridgehead atoms. The van der Waals surface area contributed by atoms with E-state index >= 15 is 0 Å². The largest absolute Gasteiger partial charge is 0.457 e. The highest BCUT2D eigenvalue weighted by atomic mass is 16.6. The van der Waals surface area contributed by atoms with Gasteiger partial charge in [0, 0.05) is 5.57 Å². The number of rotatable bonds is 2. The Morgan fingerprint density at radius 3 is 2.25 bits per heavy atom. The van der Waals surface area contributed by atoms with Gasteiger partial charge in [0.25, 0.3) is 0 Å². The first-order chi connectivity index (χ1) is 5.37. The lowest BCUT2D eigenvalue weighted by atomic mass is 10.2. The van der Waals surface area contributed by atoms with Gasteiger partial charge in [-0.25, -0.2) is 4.79 Å². The number of hydrogen-bond donors (Lipinski definition) is 0. The van der Waals surface area contributed by atoms with Crippen molar-refractivity contribution in [2.75, 3.05) is 0 Å². The van der Waals surface area contributed by atoms with Crippen molar-refractivity contribution in [3.63, 3.8) is 0 Å². The number of hydrogen-bond acceptors (Lipinski definition) is 2. The van der Waals surface area contributed by atoms with Gasteiger partial charge in [0.2, 0.25) is 0 Å². The Kier molecular flexibility index (Phi) is 4.01. The summed E-state index contributed by atoms with van der Waals surface area (Å²) >= 11 is 0. The number of carbonyl (C=O) groups is 1. The Morgan fingerprint density at radius 1 is 1.42 bits per heavy atom. The van der Waals surface area contributed by atoms with Crippen molar-refractivity contribution in [3.8, 4) is 0 Å². The van der Waals surface area contributed by atoms with E-state index in [4.69, 9.17) is 4.74 Å². The average molecular weight is 170 g/mol. The van der Waals surface area contributed by atoms with Crippen LogP contribution < -0.4 is 0 Å². The molecule has 0 unspecified atom stereocenters. The minimum atomic E-state index is -0.389. The third-order valence-electron chi connectivity index (χ3n) is 1.23. The van der Waals surface area contributed by atoms with Gasteiger partial charge in [0.05, 0.1) is 0 Å². The first-order valence-corrected chi connectivity index (χ1v) is 4.27. The van der Waals surface area contributed by atoms with Crippen molar-refractivity contribution in [2.45, 2.75) is 46.6 Å². The van der Waals surface area contributed by atoms with Crippen molar-refractivity contribution in [1.29, 1.82) is 0 Å². The van der Waals surface area contributed by atoms with E-state index in [1.165, 1.54) is 0 Å². The van der Waals surface area contributed by atoms with Crippen molar-refractivity contribution in [1.82, 2.24) is 0 Å². The summed E-state index contributed by atoms with van der Waals surface area (Å²) in [5, 5.41) is 0. The molecule has 0 fully saturated rings. The monoisotopic (exact) mass is 170 g/mol. The number of carbonyl (C=O) groups excluding carboxylic acids is 1. The number of esters is 1. The van der Waals surface area contributed by atoms with Crippen molar-refractivity contribution in [3.05, 3.63) is 11.6 Å². The van der Waals surface area contributed by atoms with E-state index in [2.05, 4.69) is 0 Å². The summed E-state index contributed by atoms with van der Waals surface area (Å²) in [7, 11) is 0. The molecule has 12 heavy (non-hydrogen) atoms. The summed E-state index contributed by atoms with van der Waals surface area (Å²) in [5.41, 5.74) is 0.298. The topological polar surface area (TPSA) is 26.3 Å². The van der Waals surface area contributed by atoms with Crippen LogP contribution in [0.1, 0.15) is 41.0 Å². The minimum absolute atomic E-state index is 0.218. The molecule has 0 saturated carbocycles. The maximum Gasteiger partial charge on any atom is 0.333 e. The molecular formula is C10H18O2. The standard InChI is InChI=1S/C10H18O2/c1-6-7-8(2)9(11)12-10(3,4)5/h7H,6H2,1-5H3/b8-7+. The molecule has 0 atom stereocenters. The second kappa shape index (κ2) is 4.29. The van der Waals surface area contributed by atoms with Crippen LogP contribution in [0.25, 0.3) is 0 Å². The van der Waals surface area contributed by atoms with Gasteiger partial charge in [-0.15, -0.1) is 0 Å². The molecule has 0 aliphatic heterocycles. The van der Waals surface area contributed by atoms with Crippen LogP contribution >= 0.6 is 0 Å². The molecule has 70 valence electrons. The number of allylic oxidation sites excluding steroid dienone is 1. The van der Waals surface area contributed by atoms with Crippen molar-refractivity contribution < 1.29 is 9.53 Å². The van der Waals surface area contributed by atoms with E-state index in [9.17, 15) is 4.79 Å². The molecule has 0 N–H and O–H groups in total. The van der Waals surface area contributed by atoms with Crippen LogP contribution in [-0.2, 0) is 9.53 Å². The highest BCUT2D eigenvalue weighted by Crippen LogP contribution is 2.10. The third-order valence-corrected chi connectivity index (χ3v) is 1.23. The lowest BCUT2D eigenvalue weighted by Crippen LogP contribution is -2.24. The minimum Gasteiger partial charge on any atom is -0.457 e. The van der Waals surface area contributed by atoms with Gasteiger partial charge >= 0.3 is 5.97 Å². The summed E-state index contributed by atoms with van der Waals surface area (Å²) in [4.78, 5) is 11.3. The van der Waals surface area contributed by atoms with Gasteiger partial charge in [-0.3, -0.25) is 0 Å². The highest BCUT2D eigenvalue weighted by molar-refractivity contribution is 5.87. The Bertz CT molecular complexity index is 185. The summed E-state index contributed by atoms with van der Waals surface area (Å²) in [6.45, 7) is 9.36. The van der Waals surface area contributed by atoms with E-state index < -0.39 is 0 Å². The van der Waals surface area contributed by atoms with E-state index in [1.807, 2.05) is 33.8 Å². The summed E-state index contributed by atoms with van der Waals surface area (Å²) in [6.07, 6.45) is 2.74. The molecule has 2 nitrogen and oxygen atoms in total. The highest BCUT2D eigenvalue weighted by Gasteiger charge is 2.16. The van der Waals surface area contributed by atoms with Gasteiger partial charge in [-0.2, -0.15) is 0 Å². The van der Waals surface area contributed by atoms with E-state index in [-0.39, 0.29) is 11.6 Å². The van der Waals surface area contributed by atoms with Crippen LogP contribution in [0.3, 0.4) is 0 Å². The van der Waals surface area contributed by atoms with Crippen molar-refractivity contribution in [2.24, 2.45) is 0 Å². The first-order valence-electron chi connectivity index (χ1n) is 4.27. The molecule has 0 aromatic carbocycles. The average Bonchev–Trinajstić information content (AvgIpc) is 1.84. The zero-order valence-electron chi connectivity index (χ0n) is 8.60. The molecule has 0 aliphatic rings. The third kappa shape index (κ3) is 4.94. The fourth-order valence-corrected chi connectivity index (χ4v) is 0.748. The summed E-state index contributed by atoms with van der Waals surface area (Å²) in [6, 6.07) is 0. The van der Waals surface area contributed by atoms with E-state index in [0.29, 0.717) is 5.57 Å². The molecule has 0 saturated heterocycles. The molecule has 0 aromatic rings. The normalized spacial score (nSPS) is 12.9. The SMILES string of the molecule is CC/C=C(\C)C(=O)OC(C)(C)C. The fraction of sp³-hybridized carbons (Fsp3) is 0.700. The second-order valence-corrected chi connectivity index (χ2v) is 3.80. The molecule has 0 rings (SSSR count). The lowest BCUT2D eigenvalue weighted by molar-refractivity contribution is -0.149. The summed E-state index contributed by atoms with van der Waals surface area (Å²) in [5.74, 6) is -0.218. The molecule has 0 heterocycles. The Hall–Kier alpha value is -0.790. The second-order valence-electron chi connectivity index (χ2n) is 3.80. The predicted octanol–water partition coefficient (Wildman–Crippen LogP) is 2.68. The maximum absolute atomic E-state index is 11.3. The first kappa shape index (κ1) is 11.2. The predicted molar refractivity (Wildman–Crippen MR) is 49.9 cm³/mol. The molecule has 0 aromatic heterocycles. The van der Waals surface area contributed by atoms with Crippen LogP contribution in [0.4, 0.5) is 0 Å². The fourth-order valence-electron chi connectivity index (χ4n) is 0.748. The molecule has 2 heteroatoms. The van der Waals surface area contributed by atoms with Crippen LogP contribution in [0.5, 0.6) is 0 Å². The molecule has 0 aliphatic carbocycles. The van der Waals surface area contributed by atoms with Crippen LogP contribution in [0.15, 0.2) is 11.6 Å². The van der Waals surface area contributed by atoms with Gasteiger partial charge in [0.15, 0.2) is 0 Å². The molecular weight excluding hydrogens is 152 g/mol. The van der Waals surface area contributed by atoms with Crippen molar-refractivity contribution >= 4 is 5.97 Å². The van der Waals surface area contributed by atoms with Crippen LogP contribution in [0.2, 0.25) is 0 Å². The lowest BCUT2D eigenvalue weighted by Gasteiger charge is -2.19. The Labute approximate surface area is 74.6 Å². The molecule has 0 amide bonds. The van der Waals surface area contributed by atoms with Crippen LogP contribution in [0, 0.1) is 0 Å². The van der Waals surface area contributed by atoms with Gasteiger partial charge in [0.1, 0.15) is 5.60 Å². The number of ether oxygens (including phenoxy) is 1. The van der Waals surface area contributed by atoms with Gasteiger partial charge in [-0.1, -0.05) is 13.0 Å². The zero-order chi connectivity index (χ0) is 9.78.